The van der Waals surface area contributed by atoms with E-state index in [0.717, 1.165) is 28.8 Å². The second-order valence-corrected chi connectivity index (χ2v) is 13.9. The molecule has 7 rings (SSSR count). The van der Waals surface area contributed by atoms with Gasteiger partial charge in [-0.2, -0.15) is 0 Å². The molecule has 0 aliphatic heterocycles. The second kappa shape index (κ2) is 15.5. The van der Waals surface area contributed by atoms with Crippen LogP contribution in [-0.4, -0.2) is 16.6 Å². The van der Waals surface area contributed by atoms with Crippen LogP contribution in [-0.2, 0) is 12.0 Å². The van der Waals surface area contributed by atoms with Crippen molar-refractivity contribution in [2.24, 2.45) is 4.99 Å². The first-order valence-corrected chi connectivity index (χ1v) is 18.4. The Morgan fingerprint density at radius 1 is 0.962 bits per heavy atom. The summed E-state index contributed by atoms with van der Waals surface area (Å²) < 4.78 is 2.57. The van der Waals surface area contributed by atoms with E-state index in [4.69, 9.17) is 10.4 Å². The number of hydrogen-bond acceptors (Lipinski definition) is 2. The third-order valence-corrected chi connectivity index (χ3v) is 10.3. The minimum absolute atomic E-state index is 0.263. The van der Waals surface area contributed by atoms with E-state index in [-0.39, 0.29) is 5.92 Å². The molecule has 0 amide bonds. The van der Waals surface area contributed by atoms with Crippen molar-refractivity contribution >= 4 is 40.8 Å². The quantitative estimate of drug-likeness (QED) is 0.0809. The van der Waals surface area contributed by atoms with Gasteiger partial charge in [-0.05, 0) is 73.2 Å². The van der Waals surface area contributed by atoms with Gasteiger partial charge in [0, 0.05) is 46.5 Å². The van der Waals surface area contributed by atoms with Crippen LogP contribution < -0.4 is 5.32 Å². The molecule has 1 heterocycles. The molecular weight excluding hydrogens is 645 g/mol. The maximum absolute atomic E-state index is 8.61. The van der Waals surface area contributed by atoms with Crippen molar-refractivity contribution in [3.8, 4) is 0 Å². The highest BCUT2D eigenvalue weighted by Crippen LogP contribution is 2.46. The molecule has 0 spiro atoms. The molecule has 2 atom stereocenters. The Balaban J connectivity index is 1.36. The highest BCUT2D eigenvalue weighted by Gasteiger charge is 2.35. The minimum Gasteiger partial charge on any atom is -0.340 e. The maximum Gasteiger partial charge on any atom is 0.138 e. The van der Waals surface area contributed by atoms with Crippen LogP contribution in [0, 0.1) is 12.3 Å². The van der Waals surface area contributed by atoms with Crippen molar-refractivity contribution in [2.45, 2.75) is 45.1 Å². The first-order chi connectivity index (χ1) is 25.9. The fraction of sp³-hybridized carbons (Fsp3) is 0.143. The summed E-state index contributed by atoms with van der Waals surface area (Å²) in [6.07, 6.45) is 24.7. The molecule has 0 radical (unpaired) electrons. The number of fused-ring (bicyclic) bond motifs is 3. The van der Waals surface area contributed by atoms with Gasteiger partial charge in [0.15, 0.2) is 0 Å². The number of benzene rings is 4. The zero-order valence-corrected chi connectivity index (χ0v) is 30.8. The number of aryl methyl sites for hydroxylation is 1. The summed E-state index contributed by atoms with van der Waals surface area (Å²) in [7, 11) is 0. The lowest BCUT2D eigenvalue weighted by Crippen LogP contribution is -2.31. The van der Waals surface area contributed by atoms with Gasteiger partial charge in [-0.1, -0.05) is 152 Å². The van der Waals surface area contributed by atoms with E-state index in [1.54, 1.807) is 0 Å². The monoisotopic (exact) mass is 690 g/mol. The summed E-state index contributed by atoms with van der Waals surface area (Å²) in [5, 5.41) is 13.4. The standard InChI is InChI=1S/C49H46N4/c1-5-7-11-26-45-35(3)43-30-29-37-27-28-39(32-36-19-12-8-13-20-36)46(37)47(43)53(45)49(4)31-18-23-40(33-49)42(6-2)44(34-50)52-48(38-21-14-9-15-22-38)51-41-24-16-10-17-25-41/h5-31,34,39,50H,2,32-33H2,1,3-4H3,(H,51,52)/b7-5-,26-11-,44-42-,50-34?/t39?,49-/m0/s1. The van der Waals surface area contributed by atoms with Gasteiger partial charge in [0.05, 0.1) is 16.8 Å². The van der Waals surface area contributed by atoms with Crippen molar-refractivity contribution in [1.29, 1.82) is 5.41 Å². The summed E-state index contributed by atoms with van der Waals surface area (Å²) in [5.41, 5.74) is 11.6. The van der Waals surface area contributed by atoms with E-state index < -0.39 is 5.54 Å². The van der Waals surface area contributed by atoms with E-state index >= 15 is 0 Å². The molecule has 2 N–H and O–H groups in total. The average Bonchev–Trinajstić information content (AvgIpc) is 3.73. The molecule has 2 aliphatic rings. The van der Waals surface area contributed by atoms with Crippen LogP contribution in [0.25, 0.3) is 23.1 Å². The fourth-order valence-electron chi connectivity index (χ4n) is 7.79. The number of aromatic nitrogens is 1. The first-order valence-electron chi connectivity index (χ1n) is 18.4. The first kappa shape index (κ1) is 35.2. The number of amidine groups is 1. The van der Waals surface area contributed by atoms with Gasteiger partial charge in [0.2, 0.25) is 0 Å². The predicted octanol–water partition coefficient (Wildman–Crippen LogP) is 12.1. The fourth-order valence-corrected chi connectivity index (χ4v) is 7.79. The van der Waals surface area contributed by atoms with Crippen LogP contribution in [0.2, 0.25) is 0 Å². The number of para-hydroxylation sites is 1. The van der Waals surface area contributed by atoms with Gasteiger partial charge in [-0.3, -0.25) is 0 Å². The van der Waals surface area contributed by atoms with Gasteiger partial charge < -0.3 is 15.3 Å². The van der Waals surface area contributed by atoms with E-state index in [0.29, 0.717) is 18.0 Å². The second-order valence-electron chi connectivity index (χ2n) is 13.9. The van der Waals surface area contributed by atoms with Crippen molar-refractivity contribution in [3.05, 3.63) is 209 Å². The number of hydrogen-bond donors (Lipinski definition) is 2. The number of aliphatic imine (C=N–C) groups is 1. The minimum atomic E-state index is -0.434. The van der Waals surface area contributed by atoms with Gasteiger partial charge in [-0.15, -0.1) is 0 Å². The Morgan fingerprint density at radius 2 is 1.68 bits per heavy atom. The third kappa shape index (κ3) is 7.14. The Hall–Kier alpha value is -6.26. The van der Waals surface area contributed by atoms with E-state index in [9.17, 15) is 0 Å². The molecule has 4 nitrogen and oxygen atoms in total. The van der Waals surface area contributed by atoms with E-state index in [1.807, 2.05) is 73.7 Å². The Labute approximate surface area is 313 Å². The average molecular weight is 691 g/mol. The van der Waals surface area contributed by atoms with E-state index in [2.05, 4.69) is 127 Å². The number of nitrogens with zero attached hydrogens (tertiary/aromatic N) is 2. The van der Waals surface area contributed by atoms with Crippen molar-refractivity contribution in [2.75, 3.05) is 5.32 Å². The SMILES string of the molecule is C=C/C(C1=CC=C[C@](C)(n2c(/C=C\C=C/C)c(C)c3ccc4c(c32)C(Cc2ccccc2)C=C4)C1)=C(\C=N)N=C(Nc1ccccc1)c1ccccc1. The molecule has 5 aromatic rings. The van der Waals surface area contributed by atoms with Crippen LogP contribution in [0.1, 0.15) is 59.7 Å². The molecule has 2 aliphatic carbocycles. The summed E-state index contributed by atoms with van der Waals surface area (Å²) in [5.74, 6) is 0.930. The molecule has 53 heavy (non-hydrogen) atoms. The molecule has 1 aromatic heterocycles. The van der Waals surface area contributed by atoms with Crippen LogP contribution in [0.4, 0.5) is 5.69 Å². The topological polar surface area (TPSA) is 53.2 Å². The molecule has 4 heteroatoms. The van der Waals surface area contributed by atoms with Gasteiger partial charge in [0.1, 0.15) is 5.84 Å². The van der Waals surface area contributed by atoms with Crippen LogP contribution in [0.5, 0.6) is 0 Å². The summed E-state index contributed by atoms with van der Waals surface area (Å²) in [4.78, 5) is 5.12. The lowest BCUT2D eigenvalue weighted by Gasteiger charge is -2.35. The van der Waals surface area contributed by atoms with E-state index in [1.165, 1.54) is 45.1 Å². The number of nitrogens with one attached hydrogen (secondary N) is 2. The van der Waals surface area contributed by atoms with Gasteiger partial charge >= 0.3 is 0 Å². The lowest BCUT2D eigenvalue weighted by atomic mass is 9.83. The summed E-state index contributed by atoms with van der Waals surface area (Å²) in [6.45, 7) is 10.9. The van der Waals surface area contributed by atoms with Crippen LogP contribution >= 0.6 is 0 Å². The Kier molecular flexibility index (Phi) is 10.3. The number of allylic oxidation sites excluding steroid dienone is 11. The number of rotatable bonds is 11. The maximum atomic E-state index is 8.61. The highest BCUT2D eigenvalue weighted by molar-refractivity contribution is 6.10. The van der Waals surface area contributed by atoms with Crippen molar-refractivity contribution in [3.63, 3.8) is 0 Å². The van der Waals surface area contributed by atoms with Gasteiger partial charge in [-0.25, -0.2) is 4.99 Å². The summed E-state index contributed by atoms with van der Waals surface area (Å²) in [6, 6.07) is 35.5. The largest absolute Gasteiger partial charge is 0.340 e. The molecular formula is C49H46N4. The molecule has 0 fully saturated rings. The molecule has 0 saturated heterocycles. The van der Waals surface area contributed by atoms with Gasteiger partial charge in [0.25, 0.3) is 0 Å². The van der Waals surface area contributed by atoms with Crippen LogP contribution in [0.15, 0.2) is 180 Å². The number of anilines is 1. The molecule has 1 unspecified atom stereocenters. The molecule has 0 bridgehead atoms. The zero-order valence-electron chi connectivity index (χ0n) is 30.8. The molecule has 0 saturated carbocycles. The zero-order chi connectivity index (χ0) is 36.8. The normalized spacial score (nSPS) is 18.7. The third-order valence-electron chi connectivity index (χ3n) is 10.3. The Morgan fingerprint density at radius 3 is 2.38 bits per heavy atom. The smallest absolute Gasteiger partial charge is 0.138 e. The summed E-state index contributed by atoms with van der Waals surface area (Å²) >= 11 is 0. The molecule has 4 aromatic carbocycles. The predicted molar refractivity (Wildman–Crippen MR) is 227 cm³/mol. The lowest BCUT2D eigenvalue weighted by molar-refractivity contribution is 0.413. The van der Waals surface area contributed by atoms with Crippen LogP contribution in [0.3, 0.4) is 0 Å². The molecule has 262 valence electrons. The van der Waals surface area contributed by atoms with Crippen molar-refractivity contribution < 1.29 is 0 Å². The Bertz CT molecular complexity index is 2360. The van der Waals surface area contributed by atoms with Crippen molar-refractivity contribution in [1.82, 2.24) is 4.57 Å². The highest BCUT2D eigenvalue weighted by atomic mass is 15.1.